The largest absolute Gasteiger partial charge is 0.439 e. The van der Waals surface area contributed by atoms with Crippen molar-refractivity contribution >= 4 is 5.91 Å². The highest BCUT2D eigenvalue weighted by molar-refractivity contribution is 5.95. The molecule has 0 radical (unpaired) electrons. The second kappa shape index (κ2) is 6.57. The van der Waals surface area contributed by atoms with Crippen LogP contribution in [-0.4, -0.2) is 35.8 Å². The summed E-state index contributed by atoms with van der Waals surface area (Å²) in [6.07, 6.45) is 2.11. The van der Waals surface area contributed by atoms with Crippen molar-refractivity contribution in [3.8, 4) is 11.4 Å². The Morgan fingerprint density at radius 3 is 3.09 bits per heavy atom. The molecule has 1 aliphatic heterocycles. The summed E-state index contributed by atoms with van der Waals surface area (Å²) in [4.78, 5) is 25.7. The molecule has 22 heavy (non-hydrogen) atoms. The zero-order valence-electron chi connectivity index (χ0n) is 12.0. The Kier molecular flexibility index (Phi) is 4.34. The molecule has 116 valence electrons. The Hall–Kier alpha value is -2.41. The average molecular weight is 303 g/mol. The molecule has 7 nitrogen and oxygen atoms in total. The number of hydrogen-bond acceptors (Lipinski definition) is 5. The van der Waals surface area contributed by atoms with Gasteiger partial charge in [-0.2, -0.15) is 0 Å². The molecular weight excluding hydrogens is 286 g/mol. The van der Waals surface area contributed by atoms with Gasteiger partial charge in [0.2, 0.25) is 0 Å². The first-order valence-electron chi connectivity index (χ1n) is 7.25. The van der Waals surface area contributed by atoms with Crippen LogP contribution in [0.15, 0.2) is 33.6 Å². The van der Waals surface area contributed by atoms with E-state index in [4.69, 9.17) is 4.74 Å². The number of rotatable bonds is 4. The summed E-state index contributed by atoms with van der Waals surface area (Å²) >= 11 is 0. The summed E-state index contributed by atoms with van der Waals surface area (Å²) in [6, 6.07) is 6.87. The fourth-order valence-electron chi connectivity index (χ4n) is 2.47. The molecule has 0 spiro atoms. The van der Waals surface area contributed by atoms with Gasteiger partial charge in [-0.3, -0.25) is 14.3 Å². The van der Waals surface area contributed by atoms with Gasteiger partial charge in [-0.25, -0.2) is 4.79 Å². The standard InChI is InChI=1S/C15H17N3O4/c19-14(16-8-10-3-2-6-21-9-10)12-5-1-4-11(7-12)13-17-15(20)22-18-13/h1,4-5,7,10H,2-3,6,8-9H2,(H,16,19)(H,17,18,20)/t10-/m1/s1. The van der Waals surface area contributed by atoms with Crippen molar-refractivity contribution in [2.45, 2.75) is 12.8 Å². The second-order valence-electron chi connectivity index (χ2n) is 5.32. The van der Waals surface area contributed by atoms with E-state index >= 15 is 0 Å². The summed E-state index contributed by atoms with van der Waals surface area (Å²) in [6.45, 7) is 2.10. The van der Waals surface area contributed by atoms with Gasteiger partial charge in [0.1, 0.15) is 0 Å². The van der Waals surface area contributed by atoms with Crippen LogP contribution in [0, 0.1) is 5.92 Å². The molecule has 2 aromatic rings. The van der Waals surface area contributed by atoms with E-state index in [0.717, 1.165) is 19.4 Å². The van der Waals surface area contributed by atoms with Gasteiger partial charge in [0, 0.05) is 24.3 Å². The van der Waals surface area contributed by atoms with E-state index < -0.39 is 5.76 Å². The highest BCUT2D eigenvalue weighted by Gasteiger charge is 2.16. The first kappa shape index (κ1) is 14.5. The Labute approximate surface area is 126 Å². The quantitative estimate of drug-likeness (QED) is 0.884. The van der Waals surface area contributed by atoms with Crippen LogP contribution in [0.2, 0.25) is 0 Å². The summed E-state index contributed by atoms with van der Waals surface area (Å²) in [7, 11) is 0. The van der Waals surface area contributed by atoms with Crippen molar-refractivity contribution in [3.05, 3.63) is 40.4 Å². The summed E-state index contributed by atoms with van der Waals surface area (Å²) in [5, 5.41) is 6.53. The van der Waals surface area contributed by atoms with E-state index in [2.05, 4.69) is 20.0 Å². The van der Waals surface area contributed by atoms with Crippen LogP contribution in [0.4, 0.5) is 0 Å². The molecule has 1 atom stereocenters. The third kappa shape index (κ3) is 3.43. The molecule has 1 saturated heterocycles. The smallest absolute Gasteiger partial charge is 0.381 e. The van der Waals surface area contributed by atoms with Crippen molar-refractivity contribution in [3.63, 3.8) is 0 Å². The van der Waals surface area contributed by atoms with Gasteiger partial charge in [-0.05, 0) is 30.9 Å². The zero-order valence-corrected chi connectivity index (χ0v) is 12.0. The van der Waals surface area contributed by atoms with Crippen molar-refractivity contribution in [2.75, 3.05) is 19.8 Å². The van der Waals surface area contributed by atoms with Crippen molar-refractivity contribution < 1.29 is 14.1 Å². The highest BCUT2D eigenvalue weighted by Crippen LogP contribution is 2.16. The molecule has 3 rings (SSSR count). The van der Waals surface area contributed by atoms with E-state index in [1.807, 2.05) is 0 Å². The van der Waals surface area contributed by atoms with Gasteiger partial charge in [-0.1, -0.05) is 17.3 Å². The molecule has 0 saturated carbocycles. The minimum atomic E-state index is -0.623. The number of amides is 1. The zero-order chi connectivity index (χ0) is 15.4. The predicted molar refractivity (Wildman–Crippen MR) is 78.4 cm³/mol. The maximum atomic E-state index is 12.2. The minimum absolute atomic E-state index is 0.154. The lowest BCUT2D eigenvalue weighted by Gasteiger charge is -2.22. The Morgan fingerprint density at radius 1 is 1.45 bits per heavy atom. The molecule has 1 aromatic heterocycles. The number of aromatic nitrogens is 2. The topological polar surface area (TPSA) is 97.2 Å². The number of ether oxygens (including phenoxy) is 1. The average Bonchev–Trinajstić information content (AvgIpc) is 3.00. The minimum Gasteiger partial charge on any atom is -0.381 e. The molecule has 1 fully saturated rings. The number of carbonyl (C=O) groups is 1. The molecular formula is C15H17N3O4. The molecule has 0 bridgehead atoms. The monoisotopic (exact) mass is 303 g/mol. The third-order valence-electron chi connectivity index (χ3n) is 3.64. The van der Waals surface area contributed by atoms with Gasteiger partial charge < -0.3 is 10.1 Å². The van der Waals surface area contributed by atoms with Gasteiger partial charge >= 0.3 is 5.76 Å². The fraction of sp³-hybridized carbons (Fsp3) is 0.400. The van der Waals surface area contributed by atoms with E-state index in [1.54, 1.807) is 24.3 Å². The van der Waals surface area contributed by atoms with Crippen LogP contribution in [-0.2, 0) is 4.74 Å². The number of nitrogens with one attached hydrogen (secondary N) is 2. The van der Waals surface area contributed by atoms with Crippen molar-refractivity contribution in [2.24, 2.45) is 5.92 Å². The Balaban J connectivity index is 1.66. The van der Waals surface area contributed by atoms with E-state index in [0.29, 0.717) is 36.0 Å². The lowest BCUT2D eigenvalue weighted by Crippen LogP contribution is -2.33. The van der Waals surface area contributed by atoms with Crippen LogP contribution in [0.5, 0.6) is 0 Å². The fourth-order valence-corrected chi connectivity index (χ4v) is 2.47. The van der Waals surface area contributed by atoms with Gasteiger partial charge in [-0.15, -0.1) is 0 Å². The molecule has 2 heterocycles. The highest BCUT2D eigenvalue weighted by atomic mass is 16.5. The summed E-state index contributed by atoms with van der Waals surface area (Å²) in [5.41, 5.74) is 1.14. The number of H-pyrrole nitrogens is 1. The number of benzene rings is 1. The first-order valence-corrected chi connectivity index (χ1v) is 7.25. The summed E-state index contributed by atoms with van der Waals surface area (Å²) in [5.74, 6) is -0.103. The predicted octanol–water partition coefficient (Wildman–Crippen LogP) is 1.19. The lowest BCUT2D eigenvalue weighted by atomic mass is 10.0. The number of nitrogens with zero attached hydrogens (tertiary/aromatic N) is 1. The lowest BCUT2D eigenvalue weighted by molar-refractivity contribution is 0.0536. The van der Waals surface area contributed by atoms with E-state index in [9.17, 15) is 9.59 Å². The van der Waals surface area contributed by atoms with E-state index in [-0.39, 0.29) is 5.91 Å². The molecule has 0 aliphatic carbocycles. The number of aromatic amines is 1. The first-order chi connectivity index (χ1) is 10.7. The van der Waals surface area contributed by atoms with Gasteiger partial charge in [0.15, 0.2) is 5.82 Å². The SMILES string of the molecule is O=C(NC[C@H]1CCCOC1)c1cccc(-c2noc(=O)[nH]2)c1. The van der Waals surface area contributed by atoms with Crippen LogP contribution < -0.4 is 11.1 Å². The molecule has 1 amide bonds. The van der Waals surface area contributed by atoms with Crippen LogP contribution in [0.1, 0.15) is 23.2 Å². The summed E-state index contributed by atoms with van der Waals surface area (Å²) < 4.78 is 9.87. The van der Waals surface area contributed by atoms with Crippen molar-refractivity contribution in [1.29, 1.82) is 0 Å². The maximum absolute atomic E-state index is 12.2. The molecule has 2 N–H and O–H groups in total. The number of hydrogen-bond donors (Lipinski definition) is 2. The Morgan fingerprint density at radius 2 is 2.36 bits per heavy atom. The molecule has 7 heteroatoms. The molecule has 0 unspecified atom stereocenters. The van der Waals surface area contributed by atoms with Crippen LogP contribution in [0.25, 0.3) is 11.4 Å². The van der Waals surface area contributed by atoms with E-state index in [1.165, 1.54) is 0 Å². The maximum Gasteiger partial charge on any atom is 0.439 e. The second-order valence-corrected chi connectivity index (χ2v) is 5.32. The molecule has 1 aromatic carbocycles. The molecule has 1 aliphatic rings. The van der Waals surface area contributed by atoms with Gasteiger partial charge in [0.25, 0.3) is 5.91 Å². The van der Waals surface area contributed by atoms with Crippen LogP contribution >= 0.6 is 0 Å². The Bertz CT molecular complexity index is 701. The number of carbonyl (C=O) groups excluding carboxylic acids is 1. The normalized spacial score (nSPS) is 18.1. The van der Waals surface area contributed by atoms with Crippen molar-refractivity contribution in [1.82, 2.24) is 15.5 Å². The van der Waals surface area contributed by atoms with Crippen LogP contribution in [0.3, 0.4) is 0 Å². The van der Waals surface area contributed by atoms with Gasteiger partial charge in [0.05, 0.1) is 6.61 Å². The third-order valence-corrected chi connectivity index (χ3v) is 3.64.